The minimum atomic E-state index is -4.90. The molecule has 3 heterocycles. The topological polar surface area (TPSA) is 73.7 Å². The van der Waals surface area contributed by atoms with Gasteiger partial charge in [-0.1, -0.05) is 17.7 Å². The van der Waals surface area contributed by atoms with Crippen molar-refractivity contribution in [3.05, 3.63) is 76.8 Å². The standard InChI is InChI=1S/C22H17ClF3N3O4/c1-2-32-21(31)17-4-3-9-28(17)19-15-10-14(33-22(24,25)26)6-7-16(15)29(20(19)30)12-13-5-8-18(23)27-11-13/h3-11,19H,2,12H2,1H3. The smallest absolute Gasteiger partial charge is 0.461 e. The van der Waals surface area contributed by atoms with Crippen LogP contribution in [0.15, 0.2) is 54.9 Å². The molecule has 0 saturated heterocycles. The Hall–Kier alpha value is -3.53. The zero-order valence-electron chi connectivity index (χ0n) is 17.2. The van der Waals surface area contributed by atoms with Crippen LogP contribution in [0.1, 0.15) is 34.6 Å². The van der Waals surface area contributed by atoms with E-state index in [-0.39, 0.29) is 29.6 Å². The number of rotatable bonds is 6. The van der Waals surface area contributed by atoms with E-state index in [4.69, 9.17) is 16.3 Å². The summed E-state index contributed by atoms with van der Waals surface area (Å²) in [6, 6.07) is 8.87. The number of halogens is 4. The van der Waals surface area contributed by atoms with Gasteiger partial charge >= 0.3 is 12.3 Å². The molecule has 1 amide bonds. The molecule has 1 aromatic carbocycles. The number of alkyl halides is 3. The summed E-state index contributed by atoms with van der Waals surface area (Å²) >= 11 is 5.83. The van der Waals surface area contributed by atoms with E-state index in [0.29, 0.717) is 11.3 Å². The Labute approximate surface area is 191 Å². The highest BCUT2D eigenvalue weighted by Gasteiger charge is 2.41. The van der Waals surface area contributed by atoms with E-state index < -0.39 is 30.0 Å². The monoisotopic (exact) mass is 479 g/mol. The first-order valence-corrected chi connectivity index (χ1v) is 10.2. The molecule has 0 bridgehead atoms. The molecule has 1 aliphatic rings. The summed E-state index contributed by atoms with van der Waals surface area (Å²) in [6.07, 6.45) is -1.89. The second-order valence-electron chi connectivity index (χ2n) is 7.11. The second kappa shape index (κ2) is 8.78. The lowest BCUT2D eigenvalue weighted by Crippen LogP contribution is -2.31. The molecule has 0 radical (unpaired) electrons. The van der Waals surface area contributed by atoms with E-state index in [1.165, 1.54) is 34.0 Å². The summed E-state index contributed by atoms with van der Waals surface area (Å²) in [7, 11) is 0. The van der Waals surface area contributed by atoms with Crippen molar-refractivity contribution < 1.29 is 32.2 Å². The molecule has 1 unspecified atom stereocenters. The number of amides is 1. The van der Waals surface area contributed by atoms with Crippen molar-refractivity contribution in [3.63, 3.8) is 0 Å². The third kappa shape index (κ3) is 4.65. The minimum Gasteiger partial charge on any atom is -0.461 e. The van der Waals surface area contributed by atoms with Gasteiger partial charge in [0.1, 0.15) is 22.6 Å². The summed E-state index contributed by atoms with van der Waals surface area (Å²) in [4.78, 5) is 31.3. The molecule has 0 spiro atoms. The highest BCUT2D eigenvalue weighted by Crippen LogP contribution is 2.42. The highest BCUT2D eigenvalue weighted by atomic mass is 35.5. The van der Waals surface area contributed by atoms with Crippen LogP contribution in [0.5, 0.6) is 5.75 Å². The molecular weight excluding hydrogens is 463 g/mol. The van der Waals surface area contributed by atoms with Gasteiger partial charge in [-0.2, -0.15) is 0 Å². The number of nitrogens with zero attached hydrogens (tertiary/aromatic N) is 3. The molecule has 11 heteroatoms. The van der Waals surface area contributed by atoms with Crippen LogP contribution in [0.2, 0.25) is 5.15 Å². The van der Waals surface area contributed by atoms with Gasteiger partial charge in [0.15, 0.2) is 0 Å². The van der Waals surface area contributed by atoms with Gasteiger partial charge in [0.05, 0.1) is 18.8 Å². The minimum absolute atomic E-state index is 0.0957. The number of esters is 1. The Morgan fingerprint density at radius 2 is 2.00 bits per heavy atom. The zero-order chi connectivity index (χ0) is 23.8. The number of hydrogen-bond donors (Lipinski definition) is 0. The van der Waals surface area contributed by atoms with Gasteiger partial charge in [0.2, 0.25) is 0 Å². The van der Waals surface area contributed by atoms with Crippen LogP contribution in [0.3, 0.4) is 0 Å². The average molecular weight is 480 g/mol. The molecule has 3 aromatic rings. The number of fused-ring (bicyclic) bond motifs is 1. The summed E-state index contributed by atoms with van der Waals surface area (Å²) < 4.78 is 48.9. The quantitative estimate of drug-likeness (QED) is 0.377. The van der Waals surface area contributed by atoms with Gasteiger partial charge < -0.3 is 18.9 Å². The first-order chi connectivity index (χ1) is 15.7. The summed E-state index contributed by atoms with van der Waals surface area (Å²) in [5, 5.41) is 0.283. The van der Waals surface area contributed by atoms with Gasteiger partial charge in [-0.05, 0) is 48.9 Å². The number of anilines is 1. The Morgan fingerprint density at radius 1 is 1.21 bits per heavy atom. The fourth-order valence-corrected chi connectivity index (χ4v) is 3.82. The maximum absolute atomic E-state index is 13.5. The Bertz CT molecular complexity index is 1190. The van der Waals surface area contributed by atoms with E-state index in [0.717, 1.165) is 12.1 Å². The SMILES string of the molecule is CCOC(=O)c1cccn1C1C(=O)N(Cc2ccc(Cl)nc2)c2ccc(OC(F)(F)F)cc21. The number of benzene rings is 1. The van der Waals surface area contributed by atoms with Crippen molar-refractivity contribution in [1.29, 1.82) is 0 Å². The fourth-order valence-electron chi connectivity index (χ4n) is 3.71. The predicted molar refractivity (Wildman–Crippen MR) is 112 cm³/mol. The lowest BCUT2D eigenvalue weighted by molar-refractivity contribution is -0.274. The van der Waals surface area contributed by atoms with Crippen molar-refractivity contribution in [3.8, 4) is 5.75 Å². The van der Waals surface area contributed by atoms with E-state index in [1.54, 1.807) is 25.1 Å². The lowest BCUT2D eigenvalue weighted by atomic mass is 10.1. The number of hydrogen-bond acceptors (Lipinski definition) is 5. The third-order valence-electron chi connectivity index (χ3n) is 4.99. The number of carbonyl (C=O) groups excluding carboxylic acids is 2. The molecule has 1 atom stereocenters. The second-order valence-corrected chi connectivity index (χ2v) is 7.49. The van der Waals surface area contributed by atoms with Crippen LogP contribution in [-0.2, 0) is 16.1 Å². The molecule has 0 fully saturated rings. The van der Waals surface area contributed by atoms with Gasteiger partial charge in [0.25, 0.3) is 5.91 Å². The van der Waals surface area contributed by atoms with Crippen molar-refractivity contribution in [2.45, 2.75) is 25.9 Å². The van der Waals surface area contributed by atoms with Crippen LogP contribution < -0.4 is 9.64 Å². The van der Waals surface area contributed by atoms with Crippen molar-refractivity contribution >= 4 is 29.2 Å². The molecular formula is C22H17ClF3N3O4. The summed E-state index contributed by atoms with van der Waals surface area (Å²) in [5.41, 5.74) is 1.40. The molecule has 0 N–H and O–H groups in total. The average Bonchev–Trinajstić information content (AvgIpc) is 3.31. The number of ether oxygens (including phenoxy) is 2. The summed E-state index contributed by atoms with van der Waals surface area (Å²) in [6.45, 7) is 1.87. The van der Waals surface area contributed by atoms with E-state index >= 15 is 0 Å². The maximum Gasteiger partial charge on any atom is 0.573 e. The van der Waals surface area contributed by atoms with Crippen LogP contribution in [0.25, 0.3) is 0 Å². The van der Waals surface area contributed by atoms with E-state index in [1.807, 2.05) is 0 Å². The fraction of sp³-hybridized carbons (Fsp3) is 0.227. The molecule has 1 aliphatic heterocycles. The first kappa shape index (κ1) is 22.7. The van der Waals surface area contributed by atoms with Gasteiger partial charge in [-0.3, -0.25) is 4.79 Å². The van der Waals surface area contributed by atoms with Crippen molar-refractivity contribution in [1.82, 2.24) is 9.55 Å². The Kier molecular flexibility index (Phi) is 6.03. The molecule has 7 nitrogen and oxygen atoms in total. The summed E-state index contributed by atoms with van der Waals surface area (Å²) in [5.74, 6) is -1.57. The van der Waals surface area contributed by atoms with Crippen LogP contribution >= 0.6 is 11.6 Å². The molecule has 2 aromatic heterocycles. The molecule has 33 heavy (non-hydrogen) atoms. The normalized spacial score (nSPS) is 15.5. The van der Waals surface area contributed by atoms with Gasteiger partial charge in [-0.15, -0.1) is 13.2 Å². The Balaban J connectivity index is 1.78. The van der Waals surface area contributed by atoms with Gasteiger partial charge in [0, 0.05) is 18.0 Å². The van der Waals surface area contributed by atoms with Crippen LogP contribution in [0.4, 0.5) is 18.9 Å². The molecule has 0 saturated carbocycles. The van der Waals surface area contributed by atoms with Gasteiger partial charge in [-0.25, -0.2) is 9.78 Å². The maximum atomic E-state index is 13.5. The highest BCUT2D eigenvalue weighted by molar-refractivity contribution is 6.29. The van der Waals surface area contributed by atoms with E-state index in [9.17, 15) is 22.8 Å². The first-order valence-electron chi connectivity index (χ1n) is 9.83. The third-order valence-corrected chi connectivity index (χ3v) is 5.21. The molecule has 0 aliphatic carbocycles. The zero-order valence-corrected chi connectivity index (χ0v) is 17.9. The van der Waals surface area contributed by atoms with Crippen molar-refractivity contribution in [2.24, 2.45) is 0 Å². The lowest BCUT2D eigenvalue weighted by Gasteiger charge is -2.19. The van der Waals surface area contributed by atoms with Crippen LogP contribution in [-0.4, -0.2) is 34.4 Å². The largest absolute Gasteiger partial charge is 0.573 e. The van der Waals surface area contributed by atoms with Crippen LogP contribution in [0, 0.1) is 0 Å². The van der Waals surface area contributed by atoms with E-state index in [2.05, 4.69) is 9.72 Å². The molecule has 4 rings (SSSR count). The molecule has 172 valence electrons. The number of carbonyl (C=O) groups is 2. The van der Waals surface area contributed by atoms with Crippen molar-refractivity contribution in [2.75, 3.05) is 11.5 Å². The predicted octanol–water partition coefficient (Wildman–Crippen LogP) is 4.75. The number of pyridine rings is 1. The Morgan fingerprint density at radius 3 is 2.67 bits per heavy atom. The number of aromatic nitrogens is 2.